The normalized spacial score (nSPS) is 15.1. The third-order valence-electron chi connectivity index (χ3n) is 3.88. The minimum Gasteiger partial charge on any atom is -0.345 e. The molecule has 0 bridgehead atoms. The van der Waals surface area contributed by atoms with Gasteiger partial charge in [-0.1, -0.05) is 42.5 Å². The lowest BCUT2D eigenvalue weighted by Gasteiger charge is -2.18. The fraction of sp³-hybridized carbons (Fsp3) is 0.235. The van der Waals surface area contributed by atoms with Gasteiger partial charge in [-0.25, -0.2) is 0 Å². The number of amides is 1. The van der Waals surface area contributed by atoms with E-state index in [2.05, 4.69) is 5.32 Å². The van der Waals surface area contributed by atoms with Gasteiger partial charge in [0.05, 0.1) is 11.0 Å². The Hall–Kier alpha value is -2.69. The highest BCUT2D eigenvalue weighted by Crippen LogP contribution is 2.41. The molecule has 1 atom stereocenters. The van der Waals surface area contributed by atoms with Crippen molar-refractivity contribution in [3.8, 4) is 0 Å². The van der Waals surface area contributed by atoms with Crippen LogP contribution in [0.5, 0.6) is 0 Å². The molecule has 0 spiro atoms. The molecule has 5 heteroatoms. The first-order chi connectivity index (χ1) is 10.7. The summed E-state index contributed by atoms with van der Waals surface area (Å²) in [5.41, 5.74) is 0.980. The fourth-order valence-electron chi connectivity index (χ4n) is 2.61. The van der Waals surface area contributed by atoms with Crippen molar-refractivity contribution in [3.05, 3.63) is 75.8 Å². The summed E-state index contributed by atoms with van der Waals surface area (Å²) in [5.74, 6) is 0.0159. The van der Waals surface area contributed by atoms with Gasteiger partial charge in [0.15, 0.2) is 0 Å². The number of rotatable bonds is 5. The summed E-state index contributed by atoms with van der Waals surface area (Å²) >= 11 is 0. The zero-order valence-corrected chi connectivity index (χ0v) is 11.9. The van der Waals surface area contributed by atoms with Crippen LogP contribution in [-0.4, -0.2) is 10.8 Å². The summed E-state index contributed by atoms with van der Waals surface area (Å²) in [6.45, 7) is 0. The number of benzene rings is 2. The molecule has 0 aliphatic heterocycles. The first-order valence-corrected chi connectivity index (χ1v) is 7.26. The van der Waals surface area contributed by atoms with Crippen molar-refractivity contribution in [1.82, 2.24) is 5.32 Å². The van der Waals surface area contributed by atoms with Crippen molar-refractivity contribution in [2.75, 3.05) is 0 Å². The topological polar surface area (TPSA) is 72.2 Å². The number of nitro benzene ring substituents is 1. The highest BCUT2D eigenvalue weighted by atomic mass is 16.6. The van der Waals surface area contributed by atoms with Crippen LogP contribution in [0.2, 0.25) is 0 Å². The molecule has 1 N–H and O–H groups in total. The van der Waals surface area contributed by atoms with Crippen molar-refractivity contribution in [2.24, 2.45) is 5.92 Å². The second-order valence-electron chi connectivity index (χ2n) is 5.47. The van der Waals surface area contributed by atoms with Crippen LogP contribution < -0.4 is 5.32 Å². The minimum atomic E-state index is -0.524. The molecule has 1 aliphatic rings. The Morgan fingerprint density at radius 3 is 2.36 bits per heavy atom. The van der Waals surface area contributed by atoms with E-state index in [9.17, 15) is 14.9 Å². The van der Waals surface area contributed by atoms with Gasteiger partial charge in [0.25, 0.3) is 11.6 Å². The molecule has 3 rings (SSSR count). The van der Waals surface area contributed by atoms with Gasteiger partial charge in [0, 0.05) is 6.07 Å². The molecule has 2 aromatic carbocycles. The Bertz CT molecular complexity index is 696. The molecule has 1 unspecified atom stereocenters. The highest BCUT2D eigenvalue weighted by Gasteiger charge is 2.34. The number of hydrogen-bond acceptors (Lipinski definition) is 3. The van der Waals surface area contributed by atoms with Crippen molar-refractivity contribution in [2.45, 2.75) is 18.9 Å². The Morgan fingerprint density at radius 2 is 1.73 bits per heavy atom. The van der Waals surface area contributed by atoms with Crippen LogP contribution in [0.4, 0.5) is 5.69 Å². The number of nitro groups is 1. The molecule has 0 aromatic heterocycles. The second kappa shape index (κ2) is 5.97. The smallest absolute Gasteiger partial charge is 0.282 e. The maximum absolute atomic E-state index is 12.5. The summed E-state index contributed by atoms with van der Waals surface area (Å²) in [5, 5.41) is 14.0. The van der Waals surface area contributed by atoms with Gasteiger partial charge >= 0.3 is 0 Å². The maximum atomic E-state index is 12.5. The lowest BCUT2D eigenvalue weighted by atomic mass is 10.0. The first-order valence-electron chi connectivity index (χ1n) is 7.26. The van der Waals surface area contributed by atoms with Gasteiger partial charge in [0.1, 0.15) is 5.56 Å². The van der Waals surface area contributed by atoms with Gasteiger partial charge in [-0.15, -0.1) is 0 Å². The van der Waals surface area contributed by atoms with E-state index in [0.717, 1.165) is 18.4 Å². The fourth-order valence-corrected chi connectivity index (χ4v) is 2.61. The number of nitrogens with zero attached hydrogens (tertiary/aromatic N) is 1. The molecule has 0 radical (unpaired) electrons. The molecule has 1 aliphatic carbocycles. The van der Waals surface area contributed by atoms with E-state index in [1.165, 1.54) is 12.1 Å². The SMILES string of the molecule is O=C(NC(c1ccccc1)C1CC1)c1ccccc1[N+](=O)[O-]. The van der Waals surface area contributed by atoms with Crippen LogP contribution >= 0.6 is 0 Å². The molecule has 2 aromatic rings. The van der Waals surface area contributed by atoms with Crippen molar-refractivity contribution >= 4 is 11.6 Å². The monoisotopic (exact) mass is 296 g/mol. The van der Waals surface area contributed by atoms with Crippen LogP contribution in [0, 0.1) is 16.0 Å². The summed E-state index contributed by atoms with van der Waals surface area (Å²) in [6, 6.07) is 15.7. The molecule has 1 saturated carbocycles. The van der Waals surface area contributed by atoms with Crippen LogP contribution in [0.1, 0.15) is 34.8 Å². The molecule has 0 saturated heterocycles. The highest BCUT2D eigenvalue weighted by molar-refractivity contribution is 5.98. The average molecular weight is 296 g/mol. The molecule has 1 fully saturated rings. The maximum Gasteiger partial charge on any atom is 0.282 e. The molecule has 22 heavy (non-hydrogen) atoms. The van der Waals surface area contributed by atoms with Crippen molar-refractivity contribution in [1.29, 1.82) is 0 Å². The lowest BCUT2D eigenvalue weighted by Crippen LogP contribution is -2.30. The van der Waals surface area contributed by atoms with Gasteiger partial charge < -0.3 is 5.32 Å². The number of carbonyl (C=O) groups excluding carboxylic acids is 1. The summed E-state index contributed by atoms with van der Waals surface area (Å²) < 4.78 is 0. The Balaban J connectivity index is 1.85. The van der Waals surface area contributed by atoms with Crippen LogP contribution in [0.25, 0.3) is 0 Å². The Labute approximate surface area is 128 Å². The van der Waals surface area contributed by atoms with Crippen LogP contribution in [0.3, 0.4) is 0 Å². The predicted molar refractivity (Wildman–Crippen MR) is 82.5 cm³/mol. The van der Waals surface area contributed by atoms with E-state index in [4.69, 9.17) is 0 Å². The summed E-state index contributed by atoms with van der Waals surface area (Å²) in [4.78, 5) is 23.0. The standard InChI is InChI=1S/C17H16N2O3/c20-17(14-8-4-5-9-15(14)19(21)22)18-16(13-10-11-13)12-6-2-1-3-7-12/h1-9,13,16H,10-11H2,(H,18,20). The Morgan fingerprint density at radius 1 is 1.09 bits per heavy atom. The zero-order valence-electron chi connectivity index (χ0n) is 11.9. The Kier molecular flexibility index (Phi) is 3.87. The second-order valence-corrected chi connectivity index (χ2v) is 5.47. The van der Waals surface area contributed by atoms with Crippen molar-refractivity contribution in [3.63, 3.8) is 0 Å². The van der Waals surface area contributed by atoms with E-state index >= 15 is 0 Å². The van der Waals surface area contributed by atoms with E-state index in [1.54, 1.807) is 12.1 Å². The predicted octanol–water partition coefficient (Wildman–Crippen LogP) is 3.48. The molecular weight excluding hydrogens is 280 g/mol. The van der Waals surface area contributed by atoms with E-state index in [1.807, 2.05) is 30.3 Å². The lowest BCUT2D eigenvalue weighted by molar-refractivity contribution is -0.385. The summed E-state index contributed by atoms with van der Waals surface area (Å²) in [7, 11) is 0. The number of carbonyl (C=O) groups is 1. The zero-order chi connectivity index (χ0) is 15.5. The van der Waals surface area contributed by atoms with Gasteiger partial charge in [-0.2, -0.15) is 0 Å². The van der Waals surface area contributed by atoms with Gasteiger partial charge in [0.2, 0.25) is 0 Å². The van der Waals surface area contributed by atoms with Gasteiger partial charge in [-0.3, -0.25) is 14.9 Å². The largest absolute Gasteiger partial charge is 0.345 e. The van der Waals surface area contributed by atoms with Gasteiger partial charge in [-0.05, 0) is 30.4 Å². The molecular formula is C17H16N2O3. The molecule has 112 valence electrons. The molecule has 0 heterocycles. The number of nitrogens with one attached hydrogen (secondary N) is 1. The minimum absolute atomic E-state index is 0.0893. The van der Waals surface area contributed by atoms with E-state index in [-0.39, 0.29) is 17.3 Å². The first kappa shape index (κ1) is 14.3. The van der Waals surface area contributed by atoms with Crippen LogP contribution in [0.15, 0.2) is 54.6 Å². The average Bonchev–Trinajstić information content (AvgIpc) is 3.38. The quantitative estimate of drug-likeness (QED) is 0.678. The number of hydrogen-bond donors (Lipinski definition) is 1. The molecule has 1 amide bonds. The molecule has 5 nitrogen and oxygen atoms in total. The van der Waals surface area contributed by atoms with Crippen LogP contribution in [-0.2, 0) is 0 Å². The third-order valence-corrected chi connectivity index (χ3v) is 3.88. The third kappa shape index (κ3) is 2.98. The van der Waals surface area contributed by atoms with Crippen molar-refractivity contribution < 1.29 is 9.72 Å². The van der Waals surface area contributed by atoms with E-state index in [0.29, 0.717) is 5.92 Å². The summed E-state index contributed by atoms with van der Waals surface area (Å²) in [6.07, 6.45) is 2.13. The van der Waals surface area contributed by atoms with E-state index < -0.39 is 10.8 Å². The number of para-hydroxylation sites is 1.